The highest BCUT2D eigenvalue weighted by molar-refractivity contribution is 6.22. The van der Waals surface area contributed by atoms with E-state index in [9.17, 15) is 24.0 Å². The number of imide groups is 1. The van der Waals surface area contributed by atoms with Crippen molar-refractivity contribution in [1.82, 2.24) is 0 Å². The number of ether oxygens (including phenoxy) is 2. The van der Waals surface area contributed by atoms with E-state index < -0.39 is 24.5 Å². The third-order valence-corrected chi connectivity index (χ3v) is 9.07. The zero-order chi connectivity index (χ0) is 30.8. The van der Waals surface area contributed by atoms with Crippen LogP contribution >= 0.6 is 0 Å². The van der Waals surface area contributed by atoms with Gasteiger partial charge in [-0.3, -0.25) is 19.3 Å². The molecular formula is C35H34N2O7. The van der Waals surface area contributed by atoms with E-state index >= 15 is 0 Å². The van der Waals surface area contributed by atoms with Crippen LogP contribution < -0.4 is 10.2 Å². The number of hydrogen-bond donors (Lipinski definition) is 1. The Balaban J connectivity index is 1.02. The van der Waals surface area contributed by atoms with Gasteiger partial charge < -0.3 is 14.8 Å². The maximum atomic E-state index is 13.6. The molecular weight excluding hydrogens is 560 g/mol. The third-order valence-electron chi connectivity index (χ3n) is 9.07. The Morgan fingerprint density at radius 1 is 0.795 bits per heavy atom. The summed E-state index contributed by atoms with van der Waals surface area (Å²) in [6.45, 7) is 1.85. The fourth-order valence-electron chi connectivity index (χ4n) is 7.04. The summed E-state index contributed by atoms with van der Waals surface area (Å²) in [5.74, 6) is -1.98. The van der Waals surface area contributed by atoms with E-state index in [1.54, 1.807) is 36.4 Å². The number of benzene rings is 3. The Bertz CT molecular complexity index is 1570. The van der Waals surface area contributed by atoms with E-state index in [0.717, 1.165) is 25.7 Å². The first-order chi connectivity index (χ1) is 21.4. The normalized spacial score (nSPS) is 23.4. The second-order valence-electron chi connectivity index (χ2n) is 11.7. The maximum absolute atomic E-state index is 13.6. The molecule has 0 unspecified atom stereocenters. The van der Waals surface area contributed by atoms with Crippen molar-refractivity contribution in [2.75, 3.05) is 23.4 Å². The van der Waals surface area contributed by atoms with Gasteiger partial charge in [0.2, 0.25) is 11.8 Å². The number of hydrogen-bond acceptors (Lipinski definition) is 7. The lowest BCUT2D eigenvalue weighted by atomic mass is 9.73. The van der Waals surface area contributed by atoms with Gasteiger partial charge in [-0.25, -0.2) is 9.59 Å². The highest BCUT2D eigenvalue weighted by Crippen LogP contribution is 2.61. The van der Waals surface area contributed by atoms with Gasteiger partial charge in [0.1, 0.15) is 0 Å². The van der Waals surface area contributed by atoms with Crippen LogP contribution in [0.15, 0.2) is 78.9 Å². The maximum Gasteiger partial charge on any atom is 0.338 e. The second kappa shape index (κ2) is 12.4. The quantitative estimate of drug-likeness (QED) is 0.190. The van der Waals surface area contributed by atoms with Crippen LogP contribution in [0.5, 0.6) is 0 Å². The number of rotatable bonds is 10. The van der Waals surface area contributed by atoms with Crippen molar-refractivity contribution in [3.05, 3.63) is 95.6 Å². The third kappa shape index (κ3) is 5.62. The molecule has 2 aliphatic carbocycles. The minimum Gasteiger partial charge on any atom is -0.462 e. The van der Waals surface area contributed by atoms with Crippen LogP contribution in [0.25, 0.3) is 0 Å². The van der Waals surface area contributed by atoms with Gasteiger partial charge in [0, 0.05) is 5.69 Å². The number of amides is 3. The van der Waals surface area contributed by atoms with Crippen LogP contribution in [0.1, 0.15) is 64.8 Å². The molecule has 226 valence electrons. The zero-order valence-electron chi connectivity index (χ0n) is 24.4. The molecule has 3 aromatic rings. The summed E-state index contributed by atoms with van der Waals surface area (Å²) in [4.78, 5) is 65.3. The average molecular weight is 595 g/mol. The molecule has 44 heavy (non-hydrogen) atoms. The number of unbranched alkanes of at least 4 members (excludes halogenated alkanes) is 1. The van der Waals surface area contributed by atoms with Gasteiger partial charge in [0.25, 0.3) is 5.91 Å². The second-order valence-corrected chi connectivity index (χ2v) is 11.7. The number of anilines is 2. The number of carbonyl (C=O) groups excluding carboxylic acids is 5. The van der Waals surface area contributed by atoms with Crippen LogP contribution in [-0.4, -0.2) is 42.9 Å². The lowest BCUT2D eigenvalue weighted by Gasteiger charge is -2.28. The number of fused-ring (bicyclic) bond motifs is 5. The van der Waals surface area contributed by atoms with Crippen LogP contribution in [0, 0.1) is 23.7 Å². The predicted octanol–water partition coefficient (Wildman–Crippen LogP) is 5.37. The van der Waals surface area contributed by atoms with Crippen LogP contribution in [0.3, 0.4) is 0 Å². The topological polar surface area (TPSA) is 119 Å². The summed E-state index contributed by atoms with van der Waals surface area (Å²) in [5, 5.41) is 2.62. The molecule has 9 nitrogen and oxygen atoms in total. The van der Waals surface area contributed by atoms with E-state index in [2.05, 4.69) is 17.4 Å². The van der Waals surface area contributed by atoms with E-state index in [1.807, 2.05) is 25.1 Å². The number of nitrogens with zero attached hydrogens (tertiary/aromatic N) is 1. The molecule has 1 N–H and O–H groups in total. The molecule has 2 bridgehead atoms. The molecule has 3 amide bonds. The first-order valence-corrected chi connectivity index (χ1v) is 15.1. The summed E-state index contributed by atoms with van der Waals surface area (Å²) < 4.78 is 10.3. The summed E-state index contributed by atoms with van der Waals surface area (Å²) in [6, 6.07) is 22.6. The van der Waals surface area contributed by atoms with Crippen molar-refractivity contribution in [1.29, 1.82) is 0 Å². The predicted molar refractivity (Wildman–Crippen MR) is 162 cm³/mol. The Hall–Kier alpha value is -4.79. The first-order valence-electron chi connectivity index (χ1n) is 15.1. The van der Waals surface area contributed by atoms with Gasteiger partial charge in [0.15, 0.2) is 6.61 Å². The molecule has 6 rings (SSSR count). The summed E-state index contributed by atoms with van der Waals surface area (Å²) >= 11 is 0. The highest BCUT2D eigenvalue weighted by Gasteiger charge is 2.64. The summed E-state index contributed by atoms with van der Waals surface area (Å²) in [7, 11) is 0. The molecule has 9 heteroatoms. The highest BCUT2D eigenvalue weighted by atomic mass is 16.5. The minimum absolute atomic E-state index is 0.152. The monoisotopic (exact) mass is 594 g/mol. The standard InChI is InChI=1S/C35H34N2O7/c1-2-3-17-43-34(41)22-9-13-25(14-10-22)36-29(38)20-44-35(42)23-11-15-26(16-12-23)37-32(39)30-24-18-27(21-7-5-4-6-8-21)28(19-24)31(30)33(37)40/h4-16,24,27-28,30-31H,2-3,17-20H2,1H3,(H,36,38)/t24-,27-,28+,30+,31-/m0/s1. The molecule has 1 saturated heterocycles. The molecule has 1 aliphatic heterocycles. The Labute approximate surface area is 255 Å². The number of nitrogens with one attached hydrogen (secondary N) is 1. The van der Waals surface area contributed by atoms with Gasteiger partial charge in [0.05, 0.1) is 35.3 Å². The fourth-order valence-corrected chi connectivity index (χ4v) is 7.04. The van der Waals surface area contributed by atoms with Crippen molar-refractivity contribution < 1.29 is 33.4 Å². The number of esters is 2. The van der Waals surface area contributed by atoms with E-state index in [1.165, 1.54) is 22.6 Å². The van der Waals surface area contributed by atoms with Gasteiger partial charge in [-0.15, -0.1) is 0 Å². The number of carbonyl (C=O) groups is 5. The molecule has 5 atom stereocenters. The fraction of sp³-hybridized carbons (Fsp3) is 0.343. The van der Waals surface area contributed by atoms with E-state index in [-0.39, 0.29) is 47.0 Å². The van der Waals surface area contributed by atoms with Crippen molar-refractivity contribution in [3.63, 3.8) is 0 Å². The zero-order valence-corrected chi connectivity index (χ0v) is 24.4. The van der Waals surface area contributed by atoms with Gasteiger partial charge in [-0.1, -0.05) is 43.7 Å². The Morgan fingerprint density at radius 3 is 2.11 bits per heavy atom. The summed E-state index contributed by atoms with van der Waals surface area (Å²) in [5.41, 5.74) is 2.66. The van der Waals surface area contributed by atoms with Gasteiger partial charge in [-0.05, 0) is 91.1 Å². The van der Waals surface area contributed by atoms with Crippen LogP contribution in [-0.2, 0) is 23.9 Å². The minimum atomic E-state index is -0.712. The average Bonchev–Trinajstić information content (AvgIpc) is 3.72. The lowest BCUT2D eigenvalue weighted by Crippen LogP contribution is -2.33. The molecule has 3 aliphatic rings. The van der Waals surface area contributed by atoms with E-state index in [0.29, 0.717) is 23.5 Å². The van der Waals surface area contributed by atoms with Crippen LogP contribution in [0.4, 0.5) is 11.4 Å². The molecule has 3 aromatic carbocycles. The lowest BCUT2D eigenvalue weighted by molar-refractivity contribution is -0.123. The molecule has 0 radical (unpaired) electrons. The Morgan fingerprint density at radius 2 is 1.43 bits per heavy atom. The molecule has 1 heterocycles. The Kier molecular flexibility index (Phi) is 8.28. The van der Waals surface area contributed by atoms with Crippen LogP contribution in [0.2, 0.25) is 0 Å². The van der Waals surface area contributed by atoms with Gasteiger partial charge in [-0.2, -0.15) is 0 Å². The largest absolute Gasteiger partial charge is 0.462 e. The van der Waals surface area contributed by atoms with Crippen molar-refractivity contribution in [2.24, 2.45) is 23.7 Å². The molecule has 0 aromatic heterocycles. The SMILES string of the molecule is CCCCOC(=O)c1ccc(NC(=O)COC(=O)c2ccc(N3C(=O)[C@@H]4[C@@H]5C[C@@H]([C@@H]4C3=O)[C@H](c3ccccc3)C5)cc2)cc1. The smallest absolute Gasteiger partial charge is 0.338 e. The molecule has 2 saturated carbocycles. The van der Waals surface area contributed by atoms with Gasteiger partial charge >= 0.3 is 11.9 Å². The van der Waals surface area contributed by atoms with E-state index in [4.69, 9.17) is 9.47 Å². The molecule has 0 spiro atoms. The molecule has 3 fully saturated rings. The first kappa shape index (κ1) is 29.3. The summed E-state index contributed by atoms with van der Waals surface area (Å²) in [6.07, 6.45) is 3.53. The van der Waals surface area contributed by atoms with Crippen molar-refractivity contribution >= 4 is 41.0 Å². The van der Waals surface area contributed by atoms with Crippen molar-refractivity contribution in [2.45, 2.75) is 38.5 Å². The van der Waals surface area contributed by atoms with Crippen molar-refractivity contribution in [3.8, 4) is 0 Å².